The Labute approximate surface area is 151 Å². The summed E-state index contributed by atoms with van der Waals surface area (Å²) in [5.41, 5.74) is 0. The number of hydrogen-bond donors (Lipinski definition) is 0. The zero-order chi connectivity index (χ0) is 18.1. The van der Waals surface area contributed by atoms with Crippen molar-refractivity contribution < 1.29 is 27.2 Å². The third kappa shape index (κ3) is 7.63. The summed E-state index contributed by atoms with van der Waals surface area (Å²) < 4.78 is 46.0. The van der Waals surface area contributed by atoms with E-state index in [4.69, 9.17) is 18.1 Å². The van der Waals surface area contributed by atoms with Crippen LogP contribution in [-0.2, 0) is 27.2 Å². The summed E-state index contributed by atoms with van der Waals surface area (Å²) in [5, 5.41) is 0. The van der Waals surface area contributed by atoms with Crippen LogP contribution in [0, 0.1) is 0 Å². The number of benzene rings is 1. The molecule has 1 aromatic rings. The molecule has 0 aliphatic carbocycles. The van der Waals surface area contributed by atoms with E-state index in [2.05, 4.69) is 0 Å². The summed E-state index contributed by atoms with van der Waals surface area (Å²) in [6.07, 6.45) is 0. The van der Waals surface area contributed by atoms with Crippen molar-refractivity contribution in [1.82, 2.24) is 0 Å². The first-order valence-electron chi connectivity index (χ1n) is 7.67. The SMILES string of the molecule is CCOP(=O)(OCC)Sc1ccc(SP(=O)(OCC)OCC)cc1. The van der Waals surface area contributed by atoms with Crippen molar-refractivity contribution in [2.45, 2.75) is 37.5 Å². The van der Waals surface area contributed by atoms with Crippen molar-refractivity contribution in [2.24, 2.45) is 0 Å². The topological polar surface area (TPSA) is 71.1 Å². The second-order valence-corrected chi connectivity index (χ2v) is 12.1. The van der Waals surface area contributed by atoms with Crippen LogP contribution in [0.3, 0.4) is 0 Å². The van der Waals surface area contributed by atoms with Crippen LogP contribution in [0.1, 0.15) is 27.7 Å². The van der Waals surface area contributed by atoms with Crippen LogP contribution in [0.4, 0.5) is 0 Å². The van der Waals surface area contributed by atoms with E-state index in [-0.39, 0.29) is 0 Å². The Bertz CT molecular complexity index is 510. The molecule has 138 valence electrons. The van der Waals surface area contributed by atoms with Gasteiger partial charge in [-0.3, -0.25) is 0 Å². The average molecular weight is 414 g/mol. The molecule has 0 N–H and O–H groups in total. The van der Waals surface area contributed by atoms with E-state index in [1.807, 2.05) is 0 Å². The highest BCUT2D eigenvalue weighted by atomic mass is 32.7. The van der Waals surface area contributed by atoms with Crippen LogP contribution >= 0.6 is 36.4 Å². The van der Waals surface area contributed by atoms with Crippen molar-refractivity contribution in [3.05, 3.63) is 24.3 Å². The first-order valence-corrected chi connectivity index (χ1v) is 13.6. The van der Waals surface area contributed by atoms with Crippen LogP contribution in [0.15, 0.2) is 34.1 Å². The van der Waals surface area contributed by atoms with Crippen molar-refractivity contribution >= 4 is 36.4 Å². The lowest BCUT2D eigenvalue weighted by Crippen LogP contribution is -1.93. The van der Waals surface area contributed by atoms with E-state index in [9.17, 15) is 9.13 Å². The molecule has 0 atom stereocenters. The van der Waals surface area contributed by atoms with Gasteiger partial charge in [0, 0.05) is 9.79 Å². The standard InChI is InChI=1S/C14H24O6P2S2/c1-5-17-21(15,18-6-2)23-13-9-11-14(12-10-13)24-22(16,19-7-3)20-8-4/h9-12H,5-8H2,1-4H3. The lowest BCUT2D eigenvalue weighted by atomic mass is 10.4. The molecule has 6 nitrogen and oxygen atoms in total. The predicted molar refractivity (Wildman–Crippen MR) is 99.9 cm³/mol. The number of rotatable bonds is 12. The maximum absolute atomic E-state index is 12.5. The van der Waals surface area contributed by atoms with E-state index in [1.165, 1.54) is 0 Å². The summed E-state index contributed by atoms with van der Waals surface area (Å²) in [7, 11) is 0. The summed E-state index contributed by atoms with van der Waals surface area (Å²) in [6.45, 7) is 1.89. The van der Waals surface area contributed by atoms with Gasteiger partial charge in [0.05, 0.1) is 26.4 Å². The Morgan fingerprint density at radius 2 is 0.917 bits per heavy atom. The first kappa shape index (κ1) is 22.3. The molecule has 0 radical (unpaired) electrons. The average Bonchev–Trinajstić information content (AvgIpc) is 2.50. The fraction of sp³-hybridized carbons (Fsp3) is 0.571. The number of hydrogen-bond acceptors (Lipinski definition) is 8. The van der Waals surface area contributed by atoms with Gasteiger partial charge in [0.15, 0.2) is 0 Å². The predicted octanol–water partition coefficient (Wildman–Crippen LogP) is 6.23. The van der Waals surface area contributed by atoms with Crippen LogP contribution in [0.25, 0.3) is 0 Å². The van der Waals surface area contributed by atoms with Crippen molar-refractivity contribution in [3.8, 4) is 0 Å². The molecule has 0 aliphatic rings. The minimum atomic E-state index is -3.21. The Morgan fingerprint density at radius 3 is 1.12 bits per heavy atom. The smallest absolute Gasteiger partial charge is 0.301 e. The molecule has 1 rings (SSSR count). The van der Waals surface area contributed by atoms with E-state index in [1.54, 1.807) is 52.0 Å². The van der Waals surface area contributed by atoms with Crippen molar-refractivity contribution in [2.75, 3.05) is 26.4 Å². The van der Waals surface area contributed by atoms with Gasteiger partial charge in [0.2, 0.25) is 0 Å². The van der Waals surface area contributed by atoms with Crippen LogP contribution in [-0.4, -0.2) is 26.4 Å². The fourth-order valence-electron chi connectivity index (χ4n) is 1.63. The second-order valence-electron chi connectivity index (χ2n) is 4.22. The van der Waals surface area contributed by atoms with Gasteiger partial charge in [0.25, 0.3) is 0 Å². The lowest BCUT2D eigenvalue weighted by molar-refractivity contribution is 0.236. The molecule has 10 heteroatoms. The maximum Gasteiger partial charge on any atom is 0.393 e. The van der Waals surface area contributed by atoms with Crippen molar-refractivity contribution in [3.63, 3.8) is 0 Å². The Kier molecular flexibility index (Phi) is 10.2. The van der Waals surface area contributed by atoms with Gasteiger partial charge in [-0.25, -0.2) is 9.13 Å². The first-order chi connectivity index (χ1) is 11.4. The molecule has 1 aromatic carbocycles. The molecule has 0 amide bonds. The molecule has 0 heterocycles. The van der Waals surface area contributed by atoms with E-state index in [0.29, 0.717) is 26.4 Å². The molecule has 0 saturated heterocycles. The summed E-state index contributed by atoms with van der Waals surface area (Å²) in [4.78, 5) is 1.49. The Morgan fingerprint density at radius 1 is 0.667 bits per heavy atom. The minimum Gasteiger partial charge on any atom is -0.301 e. The van der Waals surface area contributed by atoms with Gasteiger partial charge in [-0.2, -0.15) is 0 Å². The van der Waals surface area contributed by atoms with E-state index in [0.717, 1.165) is 32.6 Å². The molecule has 0 fully saturated rings. The molecule has 0 aliphatic heterocycles. The van der Waals surface area contributed by atoms with Crippen LogP contribution in [0.2, 0.25) is 0 Å². The Hall–Kier alpha value is 0.220. The molecule has 0 unspecified atom stereocenters. The monoisotopic (exact) mass is 414 g/mol. The molecule has 0 aromatic heterocycles. The van der Waals surface area contributed by atoms with Gasteiger partial charge in [0.1, 0.15) is 0 Å². The third-order valence-corrected chi connectivity index (χ3v) is 9.99. The normalized spacial score (nSPS) is 12.5. The van der Waals surface area contributed by atoms with Gasteiger partial charge in [-0.05, 0) is 74.7 Å². The highest BCUT2D eigenvalue weighted by molar-refractivity contribution is 8.55. The Balaban J connectivity index is 2.81. The van der Waals surface area contributed by atoms with Crippen molar-refractivity contribution in [1.29, 1.82) is 0 Å². The minimum absolute atomic E-state index is 0.310. The summed E-state index contributed by atoms with van der Waals surface area (Å²) >= 11 is 2.12. The molecular formula is C14H24O6P2S2. The fourth-order valence-corrected chi connectivity index (χ4v) is 8.47. The van der Waals surface area contributed by atoms with Gasteiger partial charge in [-0.1, -0.05) is 0 Å². The molecular weight excluding hydrogens is 390 g/mol. The van der Waals surface area contributed by atoms with Crippen LogP contribution in [0.5, 0.6) is 0 Å². The third-order valence-electron chi connectivity index (χ3n) is 2.41. The maximum atomic E-state index is 12.5. The summed E-state index contributed by atoms with van der Waals surface area (Å²) in [5.74, 6) is 0. The zero-order valence-electron chi connectivity index (χ0n) is 14.3. The highest BCUT2D eigenvalue weighted by Gasteiger charge is 2.27. The quantitative estimate of drug-likeness (QED) is 0.373. The molecule has 24 heavy (non-hydrogen) atoms. The van der Waals surface area contributed by atoms with Crippen LogP contribution < -0.4 is 0 Å². The molecule has 0 spiro atoms. The van der Waals surface area contributed by atoms with Gasteiger partial charge >= 0.3 is 13.6 Å². The van der Waals surface area contributed by atoms with Gasteiger partial charge < -0.3 is 18.1 Å². The van der Waals surface area contributed by atoms with E-state index >= 15 is 0 Å². The summed E-state index contributed by atoms with van der Waals surface area (Å²) in [6, 6.07) is 7.11. The largest absolute Gasteiger partial charge is 0.393 e. The molecule has 0 bridgehead atoms. The zero-order valence-corrected chi connectivity index (χ0v) is 17.7. The second kappa shape index (κ2) is 11.0. The molecule has 0 saturated carbocycles. The lowest BCUT2D eigenvalue weighted by Gasteiger charge is -2.17. The highest BCUT2D eigenvalue weighted by Crippen LogP contribution is 2.65. The van der Waals surface area contributed by atoms with E-state index < -0.39 is 13.6 Å². The van der Waals surface area contributed by atoms with Gasteiger partial charge in [-0.15, -0.1) is 0 Å².